The highest BCUT2D eigenvalue weighted by Gasteiger charge is 2.40. The van der Waals surface area contributed by atoms with Gasteiger partial charge in [-0.3, -0.25) is 14.4 Å². The second kappa shape index (κ2) is 4.21. The van der Waals surface area contributed by atoms with E-state index in [0.29, 0.717) is 6.54 Å². The van der Waals surface area contributed by atoms with Gasteiger partial charge in [-0.2, -0.15) is 0 Å². The van der Waals surface area contributed by atoms with E-state index in [1.807, 2.05) is 0 Å². The molecule has 0 spiro atoms. The van der Waals surface area contributed by atoms with Crippen LogP contribution in [0.1, 0.15) is 13.3 Å². The number of hydrogen-bond acceptors (Lipinski definition) is 4. The summed E-state index contributed by atoms with van der Waals surface area (Å²) in [5.74, 6) is -2.76. The lowest BCUT2D eigenvalue weighted by Gasteiger charge is -2.26. The number of ketones is 1. The Hall–Kier alpha value is -1.39. The number of likely N-dealkylation sites (tertiary alicyclic amines) is 1. The van der Waals surface area contributed by atoms with Crippen LogP contribution in [0.3, 0.4) is 0 Å². The third kappa shape index (κ3) is 1.92. The number of carbonyl (C=O) groups excluding carboxylic acids is 3. The maximum atomic E-state index is 11.5. The molecule has 14 heavy (non-hydrogen) atoms. The molecule has 1 aliphatic rings. The van der Waals surface area contributed by atoms with E-state index in [1.54, 1.807) is 14.0 Å². The van der Waals surface area contributed by atoms with Crippen LogP contribution < -0.4 is 0 Å². The van der Waals surface area contributed by atoms with E-state index in [9.17, 15) is 14.4 Å². The SMILES string of the molecule is CCOC(=O)[C@@H]1C(=O)CCN(C)C1=O. The smallest absolute Gasteiger partial charge is 0.326 e. The first-order valence-electron chi connectivity index (χ1n) is 4.52. The maximum Gasteiger partial charge on any atom is 0.326 e. The number of hydrogen-bond donors (Lipinski definition) is 0. The minimum absolute atomic E-state index is 0.180. The van der Waals surface area contributed by atoms with Crippen molar-refractivity contribution in [1.29, 1.82) is 0 Å². The number of rotatable bonds is 2. The van der Waals surface area contributed by atoms with E-state index >= 15 is 0 Å². The zero-order valence-electron chi connectivity index (χ0n) is 8.28. The van der Waals surface area contributed by atoms with E-state index in [1.165, 1.54) is 4.90 Å². The van der Waals surface area contributed by atoms with Crippen LogP contribution in [0.15, 0.2) is 0 Å². The van der Waals surface area contributed by atoms with Crippen LogP contribution in [0.4, 0.5) is 0 Å². The summed E-state index contributed by atoms with van der Waals surface area (Å²) < 4.78 is 4.66. The predicted octanol–water partition coefficient (Wildman–Crippen LogP) is -0.403. The van der Waals surface area contributed by atoms with E-state index in [0.717, 1.165) is 0 Å². The molecule has 0 N–H and O–H groups in total. The minimum atomic E-state index is -1.23. The highest BCUT2D eigenvalue weighted by Crippen LogP contribution is 2.14. The van der Waals surface area contributed by atoms with Gasteiger partial charge in [0.15, 0.2) is 11.7 Å². The topological polar surface area (TPSA) is 63.7 Å². The average molecular weight is 199 g/mol. The van der Waals surface area contributed by atoms with E-state index in [2.05, 4.69) is 4.74 Å². The second-order valence-electron chi connectivity index (χ2n) is 3.16. The molecule has 0 aromatic heterocycles. The van der Waals surface area contributed by atoms with Crippen molar-refractivity contribution in [2.24, 2.45) is 5.92 Å². The molecule has 1 rings (SSSR count). The molecule has 0 unspecified atom stereocenters. The van der Waals surface area contributed by atoms with E-state index < -0.39 is 17.8 Å². The lowest BCUT2D eigenvalue weighted by molar-refractivity contribution is -0.160. The molecule has 5 nitrogen and oxygen atoms in total. The van der Waals surface area contributed by atoms with Gasteiger partial charge in [-0.25, -0.2) is 0 Å². The summed E-state index contributed by atoms with van der Waals surface area (Å²) in [5, 5.41) is 0. The van der Waals surface area contributed by atoms with Gasteiger partial charge >= 0.3 is 5.97 Å². The Morgan fingerprint density at radius 3 is 2.79 bits per heavy atom. The molecule has 5 heteroatoms. The van der Waals surface area contributed by atoms with Gasteiger partial charge in [0.05, 0.1) is 6.61 Å². The second-order valence-corrected chi connectivity index (χ2v) is 3.16. The molecule has 1 amide bonds. The van der Waals surface area contributed by atoms with Gasteiger partial charge in [-0.1, -0.05) is 0 Å². The summed E-state index contributed by atoms with van der Waals surface area (Å²) in [6.45, 7) is 2.20. The van der Waals surface area contributed by atoms with Crippen LogP contribution >= 0.6 is 0 Å². The van der Waals surface area contributed by atoms with Crippen molar-refractivity contribution in [1.82, 2.24) is 4.90 Å². The lowest BCUT2D eigenvalue weighted by atomic mass is 9.96. The highest BCUT2D eigenvalue weighted by atomic mass is 16.5. The zero-order chi connectivity index (χ0) is 10.7. The number of ether oxygens (including phenoxy) is 1. The summed E-state index contributed by atoms with van der Waals surface area (Å²) in [6.07, 6.45) is 0.228. The van der Waals surface area contributed by atoms with Crippen LogP contribution in [-0.4, -0.2) is 42.8 Å². The Kier molecular flexibility index (Phi) is 3.22. The fraction of sp³-hybridized carbons (Fsp3) is 0.667. The molecule has 0 saturated carbocycles. The molecule has 1 atom stereocenters. The predicted molar refractivity (Wildman–Crippen MR) is 47.4 cm³/mol. The molecule has 78 valence electrons. The molecular formula is C9H13NO4. The van der Waals surface area contributed by atoms with Gasteiger partial charge in [0.25, 0.3) is 0 Å². The molecule has 0 bridgehead atoms. The van der Waals surface area contributed by atoms with Gasteiger partial charge < -0.3 is 9.64 Å². The quantitative estimate of drug-likeness (QED) is 0.448. The van der Waals surface area contributed by atoms with Crippen molar-refractivity contribution in [3.63, 3.8) is 0 Å². The fourth-order valence-corrected chi connectivity index (χ4v) is 1.35. The van der Waals surface area contributed by atoms with Gasteiger partial charge in [0.1, 0.15) is 0 Å². The maximum absolute atomic E-state index is 11.5. The summed E-state index contributed by atoms with van der Waals surface area (Å²) in [7, 11) is 1.57. The Balaban J connectivity index is 2.77. The first-order chi connectivity index (χ1) is 6.57. The van der Waals surface area contributed by atoms with E-state index in [-0.39, 0.29) is 18.8 Å². The largest absolute Gasteiger partial charge is 0.465 e. The Labute approximate surface area is 82.0 Å². The highest BCUT2D eigenvalue weighted by molar-refractivity contribution is 6.17. The number of carbonyl (C=O) groups is 3. The molecule has 0 aromatic rings. The number of nitrogens with zero attached hydrogens (tertiary/aromatic N) is 1. The van der Waals surface area contributed by atoms with Gasteiger partial charge in [0.2, 0.25) is 5.91 Å². The van der Waals surface area contributed by atoms with Crippen LogP contribution in [0.5, 0.6) is 0 Å². The normalized spacial score (nSPS) is 22.4. The molecule has 1 saturated heterocycles. The summed E-state index contributed by atoms with van der Waals surface area (Å²) in [6, 6.07) is 0. The summed E-state index contributed by atoms with van der Waals surface area (Å²) in [4.78, 5) is 35.4. The molecule has 0 aliphatic carbocycles. The first-order valence-corrected chi connectivity index (χ1v) is 4.52. The molecule has 0 radical (unpaired) electrons. The van der Waals surface area contributed by atoms with Crippen molar-refractivity contribution < 1.29 is 19.1 Å². The van der Waals surface area contributed by atoms with Crippen LogP contribution in [0.25, 0.3) is 0 Å². The first kappa shape index (κ1) is 10.7. The Morgan fingerprint density at radius 1 is 1.57 bits per heavy atom. The monoisotopic (exact) mass is 199 g/mol. The number of esters is 1. The average Bonchev–Trinajstić information content (AvgIpc) is 2.13. The zero-order valence-corrected chi connectivity index (χ0v) is 8.28. The molecular weight excluding hydrogens is 186 g/mol. The van der Waals surface area contributed by atoms with Crippen LogP contribution in [0.2, 0.25) is 0 Å². The standard InChI is InChI=1S/C9H13NO4/c1-3-14-9(13)7-6(11)4-5-10(2)8(7)12/h7H,3-5H2,1-2H3/t7-/m1/s1. The third-order valence-corrected chi connectivity index (χ3v) is 2.16. The lowest BCUT2D eigenvalue weighted by Crippen LogP contribution is -2.47. The van der Waals surface area contributed by atoms with Crippen molar-refractivity contribution in [2.75, 3.05) is 20.2 Å². The van der Waals surface area contributed by atoms with Crippen molar-refractivity contribution in [3.05, 3.63) is 0 Å². The fourth-order valence-electron chi connectivity index (χ4n) is 1.35. The number of piperidine rings is 1. The minimum Gasteiger partial charge on any atom is -0.465 e. The number of amides is 1. The number of Topliss-reactive ketones (excluding diaryl/α,β-unsaturated/α-hetero) is 1. The van der Waals surface area contributed by atoms with E-state index in [4.69, 9.17) is 0 Å². The van der Waals surface area contributed by atoms with Gasteiger partial charge in [-0.05, 0) is 6.92 Å². The Bertz CT molecular complexity index is 274. The van der Waals surface area contributed by atoms with Crippen molar-refractivity contribution >= 4 is 17.7 Å². The van der Waals surface area contributed by atoms with Gasteiger partial charge in [0, 0.05) is 20.0 Å². The van der Waals surface area contributed by atoms with Gasteiger partial charge in [-0.15, -0.1) is 0 Å². The molecule has 1 fully saturated rings. The molecule has 1 heterocycles. The van der Waals surface area contributed by atoms with Crippen LogP contribution in [0, 0.1) is 5.92 Å². The van der Waals surface area contributed by atoms with Crippen LogP contribution in [-0.2, 0) is 19.1 Å². The summed E-state index contributed by atoms with van der Waals surface area (Å²) in [5.41, 5.74) is 0. The molecule has 0 aromatic carbocycles. The van der Waals surface area contributed by atoms with Crippen molar-refractivity contribution in [2.45, 2.75) is 13.3 Å². The van der Waals surface area contributed by atoms with Crippen molar-refractivity contribution in [3.8, 4) is 0 Å². The molecule has 1 aliphatic heterocycles. The third-order valence-electron chi connectivity index (χ3n) is 2.16. The summed E-state index contributed by atoms with van der Waals surface area (Å²) >= 11 is 0. The Morgan fingerprint density at radius 2 is 2.21 bits per heavy atom.